The smallest absolute Gasteiger partial charge is 0.150 e. The molecule has 4 aromatic carbocycles. The zero-order chi connectivity index (χ0) is 26.3. The van der Waals surface area contributed by atoms with Gasteiger partial charge in [-0.25, -0.2) is 0 Å². The van der Waals surface area contributed by atoms with Gasteiger partial charge in [0.15, 0.2) is 0 Å². The Bertz CT molecular complexity index is 1520. The minimum atomic E-state index is 0.0186. The van der Waals surface area contributed by atoms with Crippen molar-refractivity contribution >= 4 is 51.0 Å². The molecule has 0 atom stereocenters. The summed E-state index contributed by atoms with van der Waals surface area (Å²) in [4.78, 5) is 16.3. The summed E-state index contributed by atoms with van der Waals surface area (Å²) in [7, 11) is 0. The SMILES string of the molecule is CCCCC1(CCCC)c2cc(Br)ccc2-c2ccc(N3c4ccccc4Sc4cc(C=O)ccc43)cc21. The molecule has 2 aliphatic rings. The van der Waals surface area contributed by atoms with Gasteiger partial charge in [0.25, 0.3) is 0 Å². The highest BCUT2D eigenvalue weighted by molar-refractivity contribution is 9.10. The third-order valence-corrected chi connectivity index (χ3v) is 9.77. The second kappa shape index (κ2) is 10.4. The maximum absolute atomic E-state index is 11.6. The molecule has 192 valence electrons. The number of hydrogen-bond acceptors (Lipinski definition) is 3. The van der Waals surface area contributed by atoms with Crippen molar-refractivity contribution in [2.45, 2.75) is 67.6 Å². The fourth-order valence-electron chi connectivity index (χ4n) is 6.34. The van der Waals surface area contributed by atoms with Crippen LogP contribution >= 0.6 is 27.7 Å². The van der Waals surface area contributed by atoms with E-state index in [0.717, 1.165) is 34.2 Å². The average molecular weight is 583 g/mol. The van der Waals surface area contributed by atoms with Crippen LogP contribution in [0.2, 0.25) is 0 Å². The van der Waals surface area contributed by atoms with Crippen LogP contribution in [0, 0.1) is 0 Å². The van der Waals surface area contributed by atoms with E-state index in [1.807, 2.05) is 12.1 Å². The summed E-state index contributed by atoms with van der Waals surface area (Å²) in [6, 6.07) is 28.6. The molecule has 0 N–H and O–H groups in total. The van der Waals surface area contributed by atoms with Crippen molar-refractivity contribution in [3.63, 3.8) is 0 Å². The normalized spacial score (nSPS) is 14.4. The Morgan fingerprint density at radius 2 is 1.47 bits per heavy atom. The van der Waals surface area contributed by atoms with Crippen LogP contribution < -0.4 is 4.90 Å². The van der Waals surface area contributed by atoms with Gasteiger partial charge in [0.05, 0.1) is 11.4 Å². The van der Waals surface area contributed by atoms with Gasteiger partial charge >= 0.3 is 0 Å². The van der Waals surface area contributed by atoms with Gasteiger partial charge < -0.3 is 4.90 Å². The first-order chi connectivity index (χ1) is 18.6. The predicted octanol–water partition coefficient (Wildman–Crippen LogP) is 10.8. The minimum Gasteiger partial charge on any atom is -0.308 e. The van der Waals surface area contributed by atoms with Crippen LogP contribution in [0.1, 0.15) is 73.9 Å². The van der Waals surface area contributed by atoms with Crippen molar-refractivity contribution in [3.8, 4) is 11.1 Å². The number of para-hydroxylation sites is 1. The Hall–Kier alpha value is -2.82. The zero-order valence-electron chi connectivity index (χ0n) is 22.0. The molecule has 2 nitrogen and oxygen atoms in total. The Balaban J connectivity index is 1.57. The van der Waals surface area contributed by atoms with Gasteiger partial charge in [-0.2, -0.15) is 0 Å². The number of carbonyl (C=O) groups is 1. The minimum absolute atomic E-state index is 0.0186. The molecule has 4 aromatic rings. The highest BCUT2D eigenvalue weighted by Crippen LogP contribution is 2.57. The number of anilines is 3. The lowest BCUT2D eigenvalue weighted by molar-refractivity contribution is 0.112. The molecule has 1 aliphatic carbocycles. The summed E-state index contributed by atoms with van der Waals surface area (Å²) >= 11 is 5.53. The molecule has 1 aliphatic heterocycles. The van der Waals surface area contributed by atoms with Crippen molar-refractivity contribution < 1.29 is 4.79 Å². The second-order valence-corrected chi connectivity index (χ2v) is 12.5. The van der Waals surface area contributed by atoms with E-state index in [9.17, 15) is 4.79 Å². The Morgan fingerprint density at radius 1 is 0.789 bits per heavy atom. The number of unbranched alkanes of at least 4 members (excludes halogenated alkanes) is 2. The number of rotatable bonds is 8. The summed E-state index contributed by atoms with van der Waals surface area (Å²) in [6.45, 7) is 4.60. The van der Waals surface area contributed by atoms with E-state index in [1.165, 1.54) is 64.2 Å². The molecule has 0 saturated carbocycles. The van der Waals surface area contributed by atoms with E-state index >= 15 is 0 Å². The molecule has 4 heteroatoms. The van der Waals surface area contributed by atoms with E-state index in [0.29, 0.717) is 5.56 Å². The topological polar surface area (TPSA) is 20.3 Å². The molecule has 1 heterocycles. The number of nitrogens with zero attached hydrogens (tertiary/aromatic N) is 1. The fraction of sp³-hybridized carbons (Fsp3) is 0.265. The Morgan fingerprint density at radius 3 is 2.21 bits per heavy atom. The number of aldehydes is 1. The molecule has 0 aromatic heterocycles. The van der Waals surface area contributed by atoms with Crippen molar-refractivity contribution in [3.05, 3.63) is 100 Å². The predicted molar refractivity (Wildman–Crippen MR) is 164 cm³/mol. The van der Waals surface area contributed by atoms with Gasteiger partial charge in [-0.3, -0.25) is 4.79 Å². The Labute approximate surface area is 238 Å². The number of benzene rings is 4. The number of hydrogen-bond donors (Lipinski definition) is 0. The van der Waals surface area contributed by atoms with Gasteiger partial charge in [-0.05, 0) is 89.7 Å². The number of carbonyl (C=O) groups excluding carboxylic acids is 1. The molecular formula is C34H32BrNOS. The van der Waals surface area contributed by atoms with E-state index in [2.05, 4.69) is 101 Å². The fourth-order valence-corrected chi connectivity index (χ4v) is 7.81. The molecular weight excluding hydrogens is 550 g/mol. The molecule has 0 amide bonds. The van der Waals surface area contributed by atoms with E-state index in [4.69, 9.17) is 0 Å². The standard InChI is InChI=1S/C34H32BrNOS/c1-3-5-17-34(18-6-4-2)28-20-24(35)12-14-26(28)27-15-13-25(21-29(27)34)36-30-9-7-8-10-32(30)38-33-19-23(22-37)11-16-31(33)36/h7-16,19-22H,3-6,17-18H2,1-2H3. The first-order valence-electron chi connectivity index (χ1n) is 13.7. The van der Waals surface area contributed by atoms with E-state index < -0.39 is 0 Å². The molecule has 0 spiro atoms. The first-order valence-corrected chi connectivity index (χ1v) is 15.3. The van der Waals surface area contributed by atoms with Gasteiger partial charge in [0, 0.05) is 30.9 Å². The molecule has 0 unspecified atom stereocenters. The van der Waals surface area contributed by atoms with Crippen molar-refractivity contribution in [2.75, 3.05) is 4.90 Å². The molecule has 0 fully saturated rings. The van der Waals surface area contributed by atoms with Crippen LogP contribution in [-0.4, -0.2) is 6.29 Å². The van der Waals surface area contributed by atoms with Gasteiger partial charge in [0.1, 0.15) is 6.29 Å². The molecule has 38 heavy (non-hydrogen) atoms. The molecule has 0 bridgehead atoms. The van der Waals surface area contributed by atoms with E-state index in [1.54, 1.807) is 11.8 Å². The van der Waals surface area contributed by atoms with Crippen LogP contribution in [0.5, 0.6) is 0 Å². The lowest BCUT2D eigenvalue weighted by atomic mass is 9.71. The second-order valence-electron chi connectivity index (χ2n) is 10.5. The average Bonchev–Trinajstić information content (AvgIpc) is 3.21. The van der Waals surface area contributed by atoms with Gasteiger partial charge in [0.2, 0.25) is 0 Å². The van der Waals surface area contributed by atoms with Crippen molar-refractivity contribution in [1.29, 1.82) is 0 Å². The van der Waals surface area contributed by atoms with Crippen LogP contribution in [0.4, 0.5) is 17.1 Å². The summed E-state index contributed by atoms with van der Waals surface area (Å²) in [5.41, 5.74) is 9.93. The summed E-state index contributed by atoms with van der Waals surface area (Å²) in [5, 5.41) is 0. The van der Waals surface area contributed by atoms with Gasteiger partial charge in [-0.1, -0.05) is 91.5 Å². The third-order valence-electron chi connectivity index (χ3n) is 8.17. The Kier molecular flexibility index (Phi) is 6.96. The monoisotopic (exact) mass is 581 g/mol. The maximum Gasteiger partial charge on any atom is 0.150 e. The lowest BCUT2D eigenvalue weighted by Gasteiger charge is -2.36. The quantitative estimate of drug-likeness (QED) is 0.170. The number of fused-ring (bicyclic) bond motifs is 5. The van der Waals surface area contributed by atoms with Crippen molar-refractivity contribution in [2.24, 2.45) is 0 Å². The largest absolute Gasteiger partial charge is 0.308 e. The highest BCUT2D eigenvalue weighted by atomic mass is 79.9. The molecule has 0 radical (unpaired) electrons. The van der Waals surface area contributed by atoms with Crippen LogP contribution in [-0.2, 0) is 5.41 Å². The molecule has 0 saturated heterocycles. The summed E-state index contributed by atoms with van der Waals surface area (Å²) in [6.07, 6.45) is 8.06. The molecule has 6 rings (SSSR count). The number of halogens is 1. The summed E-state index contributed by atoms with van der Waals surface area (Å²) < 4.78 is 1.16. The maximum atomic E-state index is 11.6. The third kappa shape index (κ3) is 4.13. The lowest BCUT2D eigenvalue weighted by Crippen LogP contribution is -2.26. The van der Waals surface area contributed by atoms with Crippen molar-refractivity contribution in [1.82, 2.24) is 0 Å². The van der Waals surface area contributed by atoms with Gasteiger partial charge in [-0.15, -0.1) is 0 Å². The summed E-state index contributed by atoms with van der Waals surface area (Å²) in [5.74, 6) is 0. The zero-order valence-corrected chi connectivity index (χ0v) is 24.4. The van der Waals surface area contributed by atoms with Crippen LogP contribution in [0.15, 0.2) is 93.1 Å². The highest BCUT2D eigenvalue weighted by Gasteiger charge is 2.42. The van der Waals surface area contributed by atoms with Crippen LogP contribution in [0.25, 0.3) is 11.1 Å². The van der Waals surface area contributed by atoms with E-state index in [-0.39, 0.29) is 5.41 Å². The van der Waals surface area contributed by atoms with Crippen LogP contribution in [0.3, 0.4) is 0 Å². The first kappa shape index (κ1) is 25.5.